The molecule has 1 N–H and O–H groups in total. The summed E-state index contributed by atoms with van der Waals surface area (Å²) in [6, 6.07) is 5.84. The Labute approximate surface area is 96.5 Å². The summed E-state index contributed by atoms with van der Waals surface area (Å²) in [5, 5.41) is 0. The normalized spacial score (nSPS) is 10.2. The number of ether oxygens (including phenoxy) is 2. The van der Waals surface area contributed by atoms with Crippen molar-refractivity contribution in [2.75, 3.05) is 20.3 Å². The van der Waals surface area contributed by atoms with E-state index < -0.39 is 0 Å². The third-order valence-electron chi connectivity index (χ3n) is 2.05. The van der Waals surface area contributed by atoms with Crippen LogP contribution < -0.4 is 15.0 Å². The Bertz CT molecular complexity index is 315. The van der Waals surface area contributed by atoms with Gasteiger partial charge in [0.05, 0.1) is 20.3 Å². The van der Waals surface area contributed by atoms with Crippen LogP contribution in [0.2, 0.25) is 0 Å². The highest BCUT2D eigenvalue weighted by atomic mass is 16.6. The van der Waals surface area contributed by atoms with Crippen LogP contribution >= 0.6 is 0 Å². The average molecular weight is 225 g/mol. The predicted molar refractivity (Wildman–Crippen MR) is 62.6 cm³/mol. The quantitative estimate of drug-likeness (QED) is 0.570. The first kappa shape index (κ1) is 12.8. The van der Waals surface area contributed by atoms with Gasteiger partial charge in [0.15, 0.2) is 11.5 Å². The van der Waals surface area contributed by atoms with Crippen molar-refractivity contribution in [2.45, 2.75) is 20.4 Å². The lowest BCUT2D eigenvalue weighted by molar-refractivity contribution is 0.0463. The lowest BCUT2D eigenvalue weighted by Gasteiger charge is -2.11. The summed E-state index contributed by atoms with van der Waals surface area (Å²) in [4.78, 5) is 5.07. The fourth-order valence-corrected chi connectivity index (χ4v) is 1.33. The Kier molecular flexibility index (Phi) is 5.67. The molecule has 1 aromatic rings. The Balaban J connectivity index is 2.66. The summed E-state index contributed by atoms with van der Waals surface area (Å²) >= 11 is 0. The van der Waals surface area contributed by atoms with E-state index in [0.717, 1.165) is 17.1 Å². The molecule has 1 rings (SSSR count). The van der Waals surface area contributed by atoms with E-state index in [9.17, 15) is 0 Å². The Hall–Kier alpha value is -1.26. The number of hydrogen-bond acceptors (Lipinski definition) is 4. The molecule has 4 nitrogen and oxygen atoms in total. The maximum atomic E-state index is 5.43. The molecule has 4 heteroatoms. The van der Waals surface area contributed by atoms with E-state index in [0.29, 0.717) is 19.8 Å². The van der Waals surface area contributed by atoms with Crippen molar-refractivity contribution < 1.29 is 14.3 Å². The third kappa shape index (κ3) is 3.72. The second kappa shape index (κ2) is 7.09. The molecule has 0 saturated carbocycles. The van der Waals surface area contributed by atoms with Gasteiger partial charge in [0.25, 0.3) is 0 Å². The zero-order valence-corrected chi connectivity index (χ0v) is 10.1. The van der Waals surface area contributed by atoms with Gasteiger partial charge in [-0.05, 0) is 31.5 Å². The summed E-state index contributed by atoms with van der Waals surface area (Å²) in [5.74, 6) is 1.52. The fraction of sp³-hybridized carbons (Fsp3) is 0.500. The van der Waals surface area contributed by atoms with Crippen LogP contribution in [0.25, 0.3) is 0 Å². The lowest BCUT2D eigenvalue weighted by atomic mass is 10.2. The smallest absolute Gasteiger partial charge is 0.161 e. The molecule has 0 amide bonds. The Morgan fingerprint density at radius 1 is 1.12 bits per heavy atom. The van der Waals surface area contributed by atoms with Crippen molar-refractivity contribution in [2.24, 2.45) is 0 Å². The van der Waals surface area contributed by atoms with Gasteiger partial charge in [0, 0.05) is 6.54 Å². The average Bonchev–Trinajstić information content (AvgIpc) is 2.31. The predicted octanol–water partition coefficient (Wildman–Crippen LogP) is 2.13. The number of rotatable bonds is 7. The van der Waals surface area contributed by atoms with E-state index in [4.69, 9.17) is 14.3 Å². The monoisotopic (exact) mass is 225 g/mol. The molecule has 0 unspecified atom stereocenters. The molecule has 0 radical (unpaired) electrons. The minimum Gasteiger partial charge on any atom is -0.493 e. The SMILES string of the molecule is CCONCc1ccc(OCC)c(OC)c1. The molecule has 16 heavy (non-hydrogen) atoms. The molecule has 0 atom stereocenters. The number of benzene rings is 1. The molecule has 0 aliphatic rings. The molecule has 0 heterocycles. The Morgan fingerprint density at radius 3 is 2.56 bits per heavy atom. The molecular formula is C12H19NO3. The third-order valence-corrected chi connectivity index (χ3v) is 2.05. The first-order valence-electron chi connectivity index (χ1n) is 5.46. The Morgan fingerprint density at radius 2 is 1.94 bits per heavy atom. The van der Waals surface area contributed by atoms with Gasteiger partial charge in [-0.15, -0.1) is 0 Å². The molecule has 0 fully saturated rings. The fourth-order valence-electron chi connectivity index (χ4n) is 1.33. The first-order valence-corrected chi connectivity index (χ1v) is 5.46. The summed E-state index contributed by atoms with van der Waals surface area (Å²) in [6.07, 6.45) is 0. The number of hydroxylamine groups is 1. The van der Waals surface area contributed by atoms with Crippen LogP contribution in [-0.4, -0.2) is 20.3 Å². The van der Waals surface area contributed by atoms with Gasteiger partial charge >= 0.3 is 0 Å². The first-order chi connectivity index (χ1) is 7.81. The van der Waals surface area contributed by atoms with Gasteiger partial charge in [-0.2, -0.15) is 5.48 Å². The molecule has 90 valence electrons. The summed E-state index contributed by atoms with van der Waals surface area (Å²) in [6.45, 7) is 5.81. The van der Waals surface area contributed by atoms with Gasteiger partial charge in [0.2, 0.25) is 0 Å². The second-order valence-corrected chi connectivity index (χ2v) is 3.17. The highest BCUT2D eigenvalue weighted by molar-refractivity contribution is 5.42. The van der Waals surface area contributed by atoms with Gasteiger partial charge in [-0.25, -0.2) is 0 Å². The van der Waals surface area contributed by atoms with Gasteiger partial charge in [0.1, 0.15) is 0 Å². The lowest BCUT2D eigenvalue weighted by Crippen LogP contribution is -2.13. The zero-order chi connectivity index (χ0) is 11.8. The van der Waals surface area contributed by atoms with Crippen LogP contribution in [-0.2, 0) is 11.4 Å². The largest absolute Gasteiger partial charge is 0.493 e. The summed E-state index contributed by atoms with van der Waals surface area (Å²) in [7, 11) is 1.64. The second-order valence-electron chi connectivity index (χ2n) is 3.17. The molecule has 1 aromatic carbocycles. The van der Waals surface area contributed by atoms with Crippen LogP contribution in [0.5, 0.6) is 11.5 Å². The van der Waals surface area contributed by atoms with E-state index in [1.807, 2.05) is 32.0 Å². The zero-order valence-electron chi connectivity index (χ0n) is 10.1. The van der Waals surface area contributed by atoms with Crippen molar-refractivity contribution >= 4 is 0 Å². The molecular weight excluding hydrogens is 206 g/mol. The van der Waals surface area contributed by atoms with Gasteiger partial charge < -0.3 is 14.3 Å². The number of methoxy groups -OCH3 is 1. The van der Waals surface area contributed by atoms with Gasteiger partial charge in [-0.3, -0.25) is 0 Å². The topological polar surface area (TPSA) is 39.7 Å². The molecule has 0 spiro atoms. The van der Waals surface area contributed by atoms with Crippen LogP contribution in [0.4, 0.5) is 0 Å². The maximum absolute atomic E-state index is 5.43. The van der Waals surface area contributed by atoms with Crippen LogP contribution in [0.3, 0.4) is 0 Å². The van der Waals surface area contributed by atoms with E-state index >= 15 is 0 Å². The molecule has 0 saturated heterocycles. The van der Waals surface area contributed by atoms with E-state index in [2.05, 4.69) is 5.48 Å². The van der Waals surface area contributed by atoms with E-state index in [1.54, 1.807) is 7.11 Å². The van der Waals surface area contributed by atoms with Crippen molar-refractivity contribution in [1.82, 2.24) is 5.48 Å². The van der Waals surface area contributed by atoms with Crippen LogP contribution in [0.1, 0.15) is 19.4 Å². The van der Waals surface area contributed by atoms with Crippen molar-refractivity contribution in [3.63, 3.8) is 0 Å². The highest BCUT2D eigenvalue weighted by Gasteiger charge is 2.04. The van der Waals surface area contributed by atoms with Crippen LogP contribution in [0.15, 0.2) is 18.2 Å². The van der Waals surface area contributed by atoms with E-state index in [1.165, 1.54) is 0 Å². The number of hydrogen-bond donors (Lipinski definition) is 1. The van der Waals surface area contributed by atoms with Crippen LogP contribution in [0, 0.1) is 0 Å². The minimum absolute atomic E-state index is 0.632. The number of nitrogens with one attached hydrogen (secondary N) is 1. The van der Waals surface area contributed by atoms with Gasteiger partial charge in [-0.1, -0.05) is 6.07 Å². The summed E-state index contributed by atoms with van der Waals surface area (Å²) in [5.41, 5.74) is 3.95. The molecule has 0 aromatic heterocycles. The van der Waals surface area contributed by atoms with Crippen molar-refractivity contribution in [3.05, 3.63) is 23.8 Å². The maximum Gasteiger partial charge on any atom is 0.161 e. The summed E-state index contributed by atoms with van der Waals surface area (Å²) < 4.78 is 10.7. The van der Waals surface area contributed by atoms with Crippen molar-refractivity contribution in [1.29, 1.82) is 0 Å². The molecule has 0 bridgehead atoms. The molecule has 0 aliphatic heterocycles. The van der Waals surface area contributed by atoms with Crippen molar-refractivity contribution in [3.8, 4) is 11.5 Å². The standard InChI is InChI=1S/C12H19NO3/c1-4-15-11-7-6-10(8-12(11)14-3)9-13-16-5-2/h6-8,13H,4-5,9H2,1-3H3. The highest BCUT2D eigenvalue weighted by Crippen LogP contribution is 2.27. The van der Waals surface area contributed by atoms with E-state index in [-0.39, 0.29) is 0 Å². The molecule has 0 aliphatic carbocycles. The minimum atomic E-state index is 0.632.